The van der Waals surface area contributed by atoms with E-state index in [1.165, 1.54) is 0 Å². The zero-order valence-electron chi connectivity index (χ0n) is 22.0. The molecule has 0 aromatic heterocycles. The lowest BCUT2D eigenvalue weighted by Crippen LogP contribution is -2.52. The number of carbonyl (C=O) groups is 2. The largest absolute Gasteiger partial charge is 0.494 e. The molecule has 37 heavy (non-hydrogen) atoms. The van der Waals surface area contributed by atoms with E-state index in [0.717, 1.165) is 23.1 Å². The van der Waals surface area contributed by atoms with Gasteiger partial charge in [0.2, 0.25) is 11.8 Å². The number of hydrogen-bond donors (Lipinski definition) is 1. The summed E-state index contributed by atoms with van der Waals surface area (Å²) in [5.74, 6) is 0.514. The van der Waals surface area contributed by atoms with E-state index in [0.29, 0.717) is 36.8 Å². The highest BCUT2D eigenvalue weighted by atomic mass is 35.5. The molecular formula is C31H37ClN2O3. The lowest BCUT2D eigenvalue weighted by Gasteiger charge is -2.32. The molecule has 3 rings (SSSR count). The zero-order chi connectivity index (χ0) is 26.6. The molecule has 5 nitrogen and oxygen atoms in total. The molecule has 0 aliphatic rings. The number of aryl methyl sites for hydroxylation is 1. The number of carbonyl (C=O) groups excluding carboxylic acids is 2. The number of rotatable bonds is 13. The summed E-state index contributed by atoms with van der Waals surface area (Å²) in [4.78, 5) is 28.9. The van der Waals surface area contributed by atoms with Crippen LogP contribution in [0, 0.1) is 6.92 Å². The van der Waals surface area contributed by atoms with Gasteiger partial charge in [0.05, 0.1) is 6.61 Å². The molecule has 0 saturated carbocycles. The summed E-state index contributed by atoms with van der Waals surface area (Å²) in [6.07, 6.45) is 2.08. The number of amides is 2. The van der Waals surface area contributed by atoms with Crippen molar-refractivity contribution in [2.75, 3.05) is 6.61 Å². The van der Waals surface area contributed by atoms with Crippen molar-refractivity contribution in [1.82, 2.24) is 10.2 Å². The summed E-state index contributed by atoms with van der Waals surface area (Å²) in [6.45, 7) is 6.81. The van der Waals surface area contributed by atoms with Crippen LogP contribution in [-0.2, 0) is 22.6 Å². The fourth-order valence-electron chi connectivity index (χ4n) is 3.97. The van der Waals surface area contributed by atoms with E-state index < -0.39 is 6.04 Å². The van der Waals surface area contributed by atoms with Gasteiger partial charge in [0, 0.05) is 30.5 Å². The molecule has 0 fully saturated rings. The first kappa shape index (κ1) is 28.3. The van der Waals surface area contributed by atoms with Crippen molar-refractivity contribution in [1.29, 1.82) is 0 Å². The van der Waals surface area contributed by atoms with Crippen molar-refractivity contribution in [3.05, 3.63) is 101 Å². The average Bonchev–Trinajstić information content (AvgIpc) is 2.91. The molecular weight excluding hydrogens is 484 g/mol. The summed E-state index contributed by atoms with van der Waals surface area (Å²) in [7, 11) is 0. The van der Waals surface area contributed by atoms with E-state index in [1.807, 2.05) is 87.5 Å². The zero-order valence-corrected chi connectivity index (χ0v) is 22.7. The Kier molecular flexibility index (Phi) is 11.0. The highest BCUT2D eigenvalue weighted by molar-refractivity contribution is 6.30. The highest BCUT2D eigenvalue weighted by Gasteiger charge is 2.30. The Balaban J connectivity index is 1.78. The van der Waals surface area contributed by atoms with E-state index in [2.05, 4.69) is 5.32 Å². The van der Waals surface area contributed by atoms with Gasteiger partial charge in [-0.2, -0.15) is 0 Å². The van der Waals surface area contributed by atoms with Gasteiger partial charge >= 0.3 is 0 Å². The van der Waals surface area contributed by atoms with E-state index in [4.69, 9.17) is 16.3 Å². The third kappa shape index (κ3) is 9.25. The molecule has 1 N–H and O–H groups in total. The number of benzene rings is 3. The van der Waals surface area contributed by atoms with Crippen LogP contribution in [0.15, 0.2) is 78.9 Å². The van der Waals surface area contributed by atoms with E-state index >= 15 is 0 Å². The second-order valence-corrected chi connectivity index (χ2v) is 9.87. The molecule has 3 aromatic carbocycles. The molecule has 6 heteroatoms. The lowest BCUT2D eigenvalue weighted by molar-refractivity contribution is -0.141. The Morgan fingerprint density at radius 2 is 1.62 bits per heavy atom. The predicted octanol–water partition coefficient (Wildman–Crippen LogP) is 6.36. The molecule has 196 valence electrons. The summed E-state index contributed by atoms with van der Waals surface area (Å²) in [5, 5.41) is 3.75. The quantitative estimate of drug-likeness (QED) is 0.267. The molecule has 0 saturated heterocycles. The maximum absolute atomic E-state index is 13.6. The van der Waals surface area contributed by atoms with Crippen molar-refractivity contribution in [2.45, 2.75) is 65.1 Å². The molecule has 2 amide bonds. The van der Waals surface area contributed by atoms with Gasteiger partial charge in [-0.05, 0) is 62.1 Å². The summed E-state index contributed by atoms with van der Waals surface area (Å²) < 4.78 is 5.78. The van der Waals surface area contributed by atoms with Crippen molar-refractivity contribution < 1.29 is 14.3 Å². The molecule has 0 heterocycles. The summed E-state index contributed by atoms with van der Waals surface area (Å²) in [5.41, 5.74) is 3.15. The smallest absolute Gasteiger partial charge is 0.243 e. The Morgan fingerprint density at radius 3 is 2.27 bits per heavy atom. The minimum atomic E-state index is -0.623. The van der Waals surface area contributed by atoms with Crippen LogP contribution in [0.4, 0.5) is 0 Å². The molecule has 0 radical (unpaired) electrons. The minimum Gasteiger partial charge on any atom is -0.494 e. The van der Waals surface area contributed by atoms with Crippen molar-refractivity contribution in [2.24, 2.45) is 0 Å². The van der Waals surface area contributed by atoms with E-state index in [-0.39, 0.29) is 24.3 Å². The number of hydrogen-bond acceptors (Lipinski definition) is 3. The summed E-state index contributed by atoms with van der Waals surface area (Å²) in [6, 6.07) is 24.5. The highest BCUT2D eigenvalue weighted by Crippen LogP contribution is 2.19. The normalized spacial score (nSPS) is 12.4. The molecule has 0 aliphatic heterocycles. The van der Waals surface area contributed by atoms with Crippen LogP contribution in [-0.4, -0.2) is 35.4 Å². The minimum absolute atomic E-state index is 0.0230. The first-order valence-electron chi connectivity index (χ1n) is 12.9. The molecule has 0 bridgehead atoms. The van der Waals surface area contributed by atoms with Crippen LogP contribution in [0.5, 0.6) is 5.75 Å². The lowest BCUT2D eigenvalue weighted by atomic mass is 10.0. The van der Waals surface area contributed by atoms with Crippen LogP contribution in [0.1, 0.15) is 49.8 Å². The predicted molar refractivity (Wildman–Crippen MR) is 150 cm³/mol. The third-order valence-electron chi connectivity index (χ3n) is 6.36. The number of nitrogens with one attached hydrogen (secondary N) is 1. The first-order valence-corrected chi connectivity index (χ1v) is 13.3. The second-order valence-electron chi connectivity index (χ2n) is 9.44. The summed E-state index contributed by atoms with van der Waals surface area (Å²) >= 11 is 5.94. The van der Waals surface area contributed by atoms with Crippen LogP contribution in [0.3, 0.4) is 0 Å². The standard InChI is InChI=1S/C31H37ClN2O3/c1-4-24(3)33-31(36)29(21-25-9-6-5-7-10-25)34(22-26-14-12-23(2)13-15-26)30(35)11-8-20-37-28-18-16-27(32)17-19-28/h5-7,9-10,12-19,24,29H,4,8,11,20-22H2,1-3H3,(H,33,36)/t24-,29-/m1/s1. The van der Waals surface area contributed by atoms with Crippen LogP contribution < -0.4 is 10.1 Å². The third-order valence-corrected chi connectivity index (χ3v) is 6.61. The monoisotopic (exact) mass is 520 g/mol. The Labute approximate surface area is 225 Å². The maximum Gasteiger partial charge on any atom is 0.243 e. The molecule has 0 unspecified atom stereocenters. The Hall–Kier alpha value is -3.31. The van der Waals surface area contributed by atoms with Crippen LogP contribution >= 0.6 is 11.6 Å². The topological polar surface area (TPSA) is 58.6 Å². The van der Waals surface area contributed by atoms with Crippen LogP contribution in [0.25, 0.3) is 0 Å². The molecule has 0 spiro atoms. The SMILES string of the molecule is CC[C@@H](C)NC(=O)[C@@H](Cc1ccccc1)N(Cc1ccc(C)cc1)C(=O)CCCOc1ccc(Cl)cc1. The number of halogens is 1. The van der Waals surface area contributed by atoms with Gasteiger partial charge < -0.3 is 15.0 Å². The fourth-order valence-corrected chi connectivity index (χ4v) is 4.10. The first-order chi connectivity index (χ1) is 17.9. The van der Waals surface area contributed by atoms with E-state index in [1.54, 1.807) is 17.0 Å². The molecule has 2 atom stereocenters. The fraction of sp³-hybridized carbons (Fsp3) is 0.355. The van der Waals surface area contributed by atoms with Crippen molar-refractivity contribution in [3.63, 3.8) is 0 Å². The van der Waals surface area contributed by atoms with E-state index in [9.17, 15) is 9.59 Å². The van der Waals surface area contributed by atoms with Gasteiger partial charge in [-0.15, -0.1) is 0 Å². The number of nitrogens with zero attached hydrogens (tertiary/aromatic N) is 1. The Bertz CT molecular complexity index is 1120. The molecule has 3 aromatic rings. The van der Waals surface area contributed by atoms with Gasteiger partial charge in [-0.3, -0.25) is 9.59 Å². The van der Waals surface area contributed by atoms with Crippen molar-refractivity contribution >= 4 is 23.4 Å². The second kappa shape index (κ2) is 14.4. The van der Waals surface area contributed by atoms with Crippen LogP contribution in [0.2, 0.25) is 5.02 Å². The Morgan fingerprint density at radius 1 is 0.946 bits per heavy atom. The van der Waals surface area contributed by atoms with Gasteiger partial charge in [0.25, 0.3) is 0 Å². The van der Waals surface area contributed by atoms with Gasteiger partial charge in [-0.25, -0.2) is 0 Å². The van der Waals surface area contributed by atoms with Gasteiger partial charge in [0.1, 0.15) is 11.8 Å². The average molecular weight is 521 g/mol. The number of ether oxygens (including phenoxy) is 1. The van der Waals surface area contributed by atoms with Gasteiger partial charge in [0.15, 0.2) is 0 Å². The maximum atomic E-state index is 13.6. The molecule has 0 aliphatic carbocycles. The van der Waals surface area contributed by atoms with Crippen molar-refractivity contribution in [3.8, 4) is 5.75 Å². The van der Waals surface area contributed by atoms with Gasteiger partial charge in [-0.1, -0.05) is 78.7 Å².